The lowest BCUT2D eigenvalue weighted by Crippen LogP contribution is -2.46. The molecule has 0 radical (unpaired) electrons. The van der Waals surface area contributed by atoms with Crippen molar-refractivity contribution in [1.29, 1.82) is 0 Å². The number of aryl methyl sites for hydroxylation is 1. The highest BCUT2D eigenvalue weighted by molar-refractivity contribution is 8.00. The molecule has 0 bridgehead atoms. The first-order chi connectivity index (χ1) is 11.0. The standard InChI is InChI=1S/C15H11F2N3OS2/c1-7-4-10-13(23-7)18-15-20(14(10)21)19-12(6-22-15)9-5-8(16)2-3-11(9)17/h2-5,15,18H,6H2,1H3. The van der Waals surface area contributed by atoms with Crippen LogP contribution in [0.2, 0.25) is 0 Å². The molecule has 0 fully saturated rings. The Balaban J connectivity index is 1.75. The fourth-order valence-electron chi connectivity index (χ4n) is 2.56. The number of halogens is 2. The van der Waals surface area contributed by atoms with E-state index in [1.807, 2.05) is 13.0 Å². The van der Waals surface area contributed by atoms with E-state index in [0.717, 1.165) is 28.1 Å². The fourth-order valence-corrected chi connectivity index (χ4v) is 4.58. The molecule has 3 heterocycles. The molecule has 2 aromatic rings. The molecule has 0 spiro atoms. The molecule has 23 heavy (non-hydrogen) atoms. The predicted octanol–water partition coefficient (Wildman–Crippen LogP) is 3.64. The second kappa shape index (κ2) is 5.31. The number of carbonyl (C=O) groups excluding carboxylic acids is 1. The first kappa shape index (κ1) is 14.6. The van der Waals surface area contributed by atoms with Crippen LogP contribution in [0.15, 0.2) is 29.4 Å². The number of nitrogens with zero attached hydrogens (tertiary/aromatic N) is 2. The van der Waals surface area contributed by atoms with Crippen LogP contribution in [0.3, 0.4) is 0 Å². The van der Waals surface area contributed by atoms with Gasteiger partial charge in [0.1, 0.15) is 16.6 Å². The van der Waals surface area contributed by atoms with Crippen LogP contribution in [0, 0.1) is 18.6 Å². The van der Waals surface area contributed by atoms with Crippen molar-refractivity contribution >= 4 is 39.7 Å². The van der Waals surface area contributed by atoms with Crippen LogP contribution in [0.5, 0.6) is 0 Å². The molecule has 1 amide bonds. The van der Waals surface area contributed by atoms with Crippen molar-refractivity contribution in [3.05, 3.63) is 51.9 Å². The molecule has 0 aliphatic carbocycles. The van der Waals surface area contributed by atoms with Gasteiger partial charge in [-0.05, 0) is 31.2 Å². The number of nitrogens with one attached hydrogen (secondary N) is 1. The maximum absolute atomic E-state index is 13.9. The van der Waals surface area contributed by atoms with Gasteiger partial charge < -0.3 is 5.32 Å². The molecule has 0 saturated heterocycles. The molecular formula is C15H11F2N3OS2. The van der Waals surface area contributed by atoms with E-state index in [1.54, 1.807) is 0 Å². The Bertz CT molecular complexity index is 849. The Morgan fingerprint density at radius 2 is 2.13 bits per heavy atom. The summed E-state index contributed by atoms with van der Waals surface area (Å²) in [4.78, 5) is 13.6. The van der Waals surface area contributed by atoms with Crippen LogP contribution in [-0.2, 0) is 0 Å². The number of hydrogen-bond acceptors (Lipinski definition) is 5. The van der Waals surface area contributed by atoms with Gasteiger partial charge in [-0.3, -0.25) is 4.79 Å². The summed E-state index contributed by atoms with van der Waals surface area (Å²) >= 11 is 2.94. The highest BCUT2D eigenvalue weighted by atomic mass is 32.2. The van der Waals surface area contributed by atoms with Crippen LogP contribution in [0.1, 0.15) is 20.8 Å². The Morgan fingerprint density at radius 1 is 1.30 bits per heavy atom. The number of amides is 1. The van der Waals surface area contributed by atoms with Crippen molar-refractivity contribution in [2.24, 2.45) is 5.10 Å². The topological polar surface area (TPSA) is 44.7 Å². The number of fused-ring (bicyclic) bond motifs is 2. The third kappa shape index (κ3) is 2.42. The van der Waals surface area contributed by atoms with Crippen LogP contribution in [0.25, 0.3) is 0 Å². The Labute approximate surface area is 139 Å². The average molecular weight is 351 g/mol. The molecule has 0 saturated carbocycles. The highest BCUT2D eigenvalue weighted by Crippen LogP contribution is 2.38. The minimum Gasteiger partial charge on any atom is -0.346 e. The average Bonchev–Trinajstić information content (AvgIpc) is 2.90. The lowest BCUT2D eigenvalue weighted by molar-refractivity contribution is 0.0744. The van der Waals surface area contributed by atoms with Gasteiger partial charge in [-0.1, -0.05) is 0 Å². The summed E-state index contributed by atoms with van der Waals surface area (Å²) in [5.74, 6) is -0.917. The van der Waals surface area contributed by atoms with Gasteiger partial charge in [0.25, 0.3) is 5.91 Å². The van der Waals surface area contributed by atoms with Gasteiger partial charge in [0.2, 0.25) is 0 Å². The predicted molar refractivity (Wildman–Crippen MR) is 88.0 cm³/mol. The molecule has 2 aliphatic heterocycles. The van der Waals surface area contributed by atoms with E-state index in [-0.39, 0.29) is 17.0 Å². The molecule has 4 nitrogen and oxygen atoms in total. The van der Waals surface area contributed by atoms with Gasteiger partial charge in [0, 0.05) is 16.2 Å². The number of thiophene rings is 1. The molecule has 1 N–H and O–H groups in total. The molecule has 1 aromatic heterocycles. The van der Waals surface area contributed by atoms with Crippen molar-refractivity contribution < 1.29 is 13.6 Å². The monoisotopic (exact) mass is 351 g/mol. The number of rotatable bonds is 1. The second-order valence-corrected chi connectivity index (χ2v) is 7.55. The van der Waals surface area contributed by atoms with Crippen molar-refractivity contribution in [1.82, 2.24) is 5.01 Å². The van der Waals surface area contributed by atoms with E-state index in [2.05, 4.69) is 10.4 Å². The zero-order chi connectivity index (χ0) is 16.1. The number of hydrazone groups is 1. The Hall–Kier alpha value is -1.93. The van der Waals surface area contributed by atoms with Crippen molar-refractivity contribution in [3.63, 3.8) is 0 Å². The molecule has 118 valence electrons. The molecule has 2 aliphatic rings. The van der Waals surface area contributed by atoms with Gasteiger partial charge in [0.15, 0.2) is 5.50 Å². The Morgan fingerprint density at radius 3 is 2.96 bits per heavy atom. The van der Waals surface area contributed by atoms with Crippen LogP contribution in [-0.4, -0.2) is 27.9 Å². The second-order valence-electron chi connectivity index (χ2n) is 5.23. The van der Waals surface area contributed by atoms with Crippen LogP contribution < -0.4 is 5.32 Å². The minimum absolute atomic E-state index is 0.0936. The number of carbonyl (C=O) groups is 1. The zero-order valence-electron chi connectivity index (χ0n) is 12.0. The van der Waals surface area contributed by atoms with Crippen LogP contribution >= 0.6 is 23.1 Å². The zero-order valence-corrected chi connectivity index (χ0v) is 13.6. The van der Waals surface area contributed by atoms with Gasteiger partial charge in [-0.2, -0.15) is 10.1 Å². The van der Waals surface area contributed by atoms with Gasteiger partial charge in [0.05, 0.1) is 11.3 Å². The molecule has 1 aromatic carbocycles. The van der Waals surface area contributed by atoms with Gasteiger partial charge >= 0.3 is 0 Å². The molecule has 8 heteroatoms. The summed E-state index contributed by atoms with van der Waals surface area (Å²) in [6, 6.07) is 5.05. The van der Waals surface area contributed by atoms with E-state index in [1.165, 1.54) is 28.1 Å². The highest BCUT2D eigenvalue weighted by Gasteiger charge is 2.37. The summed E-state index contributed by atoms with van der Waals surface area (Å²) in [6.07, 6.45) is 0. The molecule has 4 rings (SSSR count). The number of thioether (sulfide) groups is 1. The minimum atomic E-state index is -0.548. The molecule has 1 atom stereocenters. The summed E-state index contributed by atoms with van der Waals surface area (Å²) < 4.78 is 27.3. The summed E-state index contributed by atoms with van der Waals surface area (Å²) in [6.45, 7) is 1.93. The van der Waals surface area contributed by atoms with E-state index in [9.17, 15) is 13.6 Å². The lowest BCUT2D eigenvalue weighted by Gasteiger charge is -2.35. The van der Waals surface area contributed by atoms with Gasteiger partial charge in [-0.15, -0.1) is 23.1 Å². The first-order valence-electron chi connectivity index (χ1n) is 6.88. The summed E-state index contributed by atoms with van der Waals surface area (Å²) in [5.41, 5.74) is 0.687. The third-order valence-electron chi connectivity index (χ3n) is 3.62. The number of anilines is 1. The largest absolute Gasteiger partial charge is 0.346 e. The lowest BCUT2D eigenvalue weighted by atomic mass is 10.1. The van der Waals surface area contributed by atoms with E-state index in [4.69, 9.17) is 0 Å². The summed E-state index contributed by atoms with van der Waals surface area (Å²) in [5, 5.41) is 9.68. The van der Waals surface area contributed by atoms with E-state index >= 15 is 0 Å². The quantitative estimate of drug-likeness (QED) is 0.853. The maximum Gasteiger partial charge on any atom is 0.279 e. The Kier molecular flexibility index (Phi) is 3.38. The van der Waals surface area contributed by atoms with Crippen molar-refractivity contribution in [3.8, 4) is 0 Å². The summed E-state index contributed by atoms with van der Waals surface area (Å²) in [7, 11) is 0. The van der Waals surface area contributed by atoms with Crippen LogP contribution in [0.4, 0.5) is 13.8 Å². The first-order valence-corrected chi connectivity index (χ1v) is 8.74. The van der Waals surface area contributed by atoms with E-state index in [0.29, 0.717) is 17.0 Å². The maximum atomic E-state index is 13.9. The smallest absolute Gasteiger partial charge is 0.279 e. The fraction of sp³-hybridized carbons (Fsp3) is 0.200. The van der Waals surface area contributed by atoms with Crippen molar-refractivity contribution in [2.45, 2.75) is 12.4 Å². The van der Waals surface area contributed by atoms with Crippen molar-refractivity contribution in [2.75, 3.05) is 11.1 Å². The molecular weight excluding hydrogens is 340 g/mol. The van der Waals surface area contributed by atoms with Gasteiger partial charge in [-0.25, -0.2) is 8.78 Å². The molecule has 1 unspecified atom stereocenters. The third-order valence-corrected chi connectivity index (χ3v) is 5.67. The number of benzene rings is 1. The SMILES string of the molecule is Cc1cc2c(s1)NC1SCC(c3cc(F)ccc3F)=NN1C2=O. The van der Waals surface area contributed by atoms with E-state index < -0.39 is 11.6 Å². The number of hydrogen-bond donors (Lipinski definition) is 1. The normalized spacial score (nSPS) is 19.8.